The second kappa shape index (κ2) is 4.59. The van der Waals surface area contributed by atoms with Crippen LogP contribution in [0.15, 0.2) is 18.5 Å². The van der Waals surface area contributed by atoms with Crippen LogP contribution in [0.5, 0.6) is 0 Å². The van der Waals surface area contributed by atoms with Crippen molar-refractivity contribution < 1.29 is 0 Å². The lowest BCUT2D eigenvalue weighted by Gasteiger charge is -2.09. The number of imidazole rings is 1. The summed E-state index contributed by atoms with van der Waals surface area (Å²) in [6.07, 6.45) is 2.18. The van der Waals surface area contributed by atoms with E-state index in [4.69, 9.17) is 5.73 Å². The second-order valence-corrected chi connectivity index (χ2v) is 5.20. The molecule has 2 heterocycles. The predicted molar refractivity (Wildman–Crippen MR) is 79.6 cm³/mol. The van der Waals surface area contributed by atoms with Gasteiger partial charge in [0.2, 0.25) is 0 Å². The molecular formula is C15H17N5. The Morgan fingerprint density at radius 2 is 1.80 bits per heavy atom. The molecule has 0 fully saturated rings. The molecule has 0 spiro atoms. The topological polar surface area (TPSA) is 80.5 Å². The zero-order valence-electron chi connectivity index (χ0n) is 11.9. The number of fused-ring (bicyclic) bond motifs is 1. The molecule has 2 aromatic heterocycles. The molecule has 3 rings (SSSR count). The Bertz CT molecular complexity index is 765. The number of benzene rings is 1. The van der Waals surface area contributed by atoms with Gasteiger partial charge in [-0.1, -0.05) is 17.7 Å². The third-order valence-electron chi connectivity index (χ3n) is 3.55. The molecule has 0 amide bonds. The van der Waals surface area contributed by atoms with Gasteiger partial charge in [-0.05, 0) is 37.5 Å². The average Bonchev–Trinajstić information content (AvgIpc) is 2.78. The summed E-state index contributed by atoms with van der Waals surface area (Å²) >= 11 is 0. The molecule has 5 heteroatoms. The van der Waals surface area contributed by atoms with Gasteiger partial charge in [-0.3, -0.25) is 0 Å². The van der Waals surface area contributed by atoms with E-state index >= 15 is 0 Å². The van der Waals surface area contributed by atoms with E-state index in [0.717, 1.165) is 12.2 Å². The lowest BCUT2D eigenvalue weighted by molar-refractivity contribution is 1.01. The molecule has 3 aromatic rings. The van der Waals surface area contributed by atoms with Crippen molar-refractivity contribution in [3.8, 4) is 0 Å². The first-order chi connectivity index (χ1) is 9.54. The minimum absolute atomic E-state index is 0.436. The summed E-state index contributed by atoms with van der Waals surface area (Å²) < 4.78 is 0. The zero-order chi connectivity index (χ0) is 14.3. The molecule has 1 aromatic carbocycles. The van der Waals surface area contributed by atoms with Crippen molar-refractivity contribution in [1.29, 1.82) is 0 Å². The number of anilines is 1. The summed E-state index contributed by atoms with van der Waals surface area (Å²) in [4.78, 5) is 15.8. The van der Waals surface area contributed by atoms with Gasteiger partial charge in [0, 0.05) is 6.42 Å². The van der Waals surface area contributed by atoms with Gasteiger partial charge in [0.1, 0.15) is 17.7 Å². The molecule has 0 atom stereocenters. The lowest BCUT2D eigenvalue weighted by atomic mass is 9.97. The van der Waals surface area contributed by atoms with Crippen LogP contribution in [0.25, 0.3) is 11.2 Å². The van der Waals surface area contributed by atoms with Crippen LogP contribution in [0.3, 0.4) is 0 Å². The number of H-pyrrole nitrogens is 1. The molecular weight excluding hydrogens is 250 g/mol. The van der Waals surface area contributed by atoms with Crippen LogP contribution in [0.4, 0.5) is 5.82 Å². The Kier molecular flexibility index (Phi) is 2.89. The monoisotopic (exact) mass is 267 g/mol. The Morgan fingerprint density at radius 3 is 2.45 bits per heavy atom. The molecule has 102 valence electrons. The Labute approximate surface area is 117 Å². The zero-order valence-corrected chi connectivity index (χ0v) is 11.9. The van der Waals surface area contributed by atoms with E-state index in [1.54, 1.807) is 0 Å². The van der Waals surface area contributed by atoms with Gasteiger partial charge in [-0.25, -0.2) is 15.0 Å². The lowest BCUT2D eigenvalue weighted by Crippen LogP contribution is -1.98. The molecule has 0 saturated carbocycles. The van der Waals surface area contributed by atoms with Crippen LogP contribution >= 0.6 is 0 Å². The summed E-state index contributed by atoms with van der Waals surface area (Å²) in [6, 6.07) is 4.39. The van der Waals surface area contributed by atoms with Gasteiger partial charge in [0.05, 0.1) is 0 Å². The maximum absolute atomic E-state index is 5.82. The number of rotatable bonds is 2. The van der Waals surface area contributed by atoms with Gasteiger partial charge >= 0.3 is 0 Å². The molecule has 0 radical (unpaired) electrons. The third-order valence-corrected chi connectivity index (χ3v) is 3.55. The number of aromatic amines is 1. The molecule has 0 aliphatic rings. The summed E-state index contributed by atoms with van der Waals surface area (Å²) in [7, 11) is 0. The van der Waals surface area contributed by atoms with Gasteiger partial charge in [-0.2, -0.15) is 0 Å². The molecule has 0 aliphatic heterocycles. The van der Waals surface area contributed by atoms with E-state index in [1.165, 1.54) is 28.6 Å². The first-order valence-corrected chi connectivity index (χ1v) is 6.56. The Morgan fingerprint density at radius 1 is 1.10 bits per heavy atom. The summed E-state index contributed by atoms with van der Waals surface area (Å²) in [5.41, 5.74) is 12.3. The predicted octanol–water partition coefficient (Wildman–Crippen LogP) is 2.45. The van der Waals surface area contributed by atoms with Gasteiger partial charge < -0.3 is 10.7 Å². The highest BCUT2D eigenvalue weighted by molar-refractivity contribution is 5.81. The van der Waals surface area contributed by atoms with Crippen LogP contribution in [-0.4, -0.2) is 19.9 Å². The third kappa shape index (κ3) is 2.11. The van der Waals surface area contributed by atoms with Crippen molar-refractivity contribution in [3.63, 3.8) is 0 Å². The van der Waals surface area contributed by atoms with E-state index < -0.39 is 0 Å². The Hall–Kier alpha value is -2.43. The maximum Gasteiger partial charge on any atom is 0.183 e. The van der Waals surface area contributed by atoms with Crippen LogP contribution in [0.1, 0.15) is 28.1 Å². The summed E-state index contributed by atoms with van der Waals surface area (Å²) in [5.74, 6) is 1.30. The molecule has 0 unspecified atom stereocenters. The van der Waals surface area contributed by atoms with Crippen LogP contribution in [-0.2, 0) is 6.42 Å². The fraction of sp³-hybridized carbons (Fsp3) is 0.267. The van der Waals surface area contributed by atoms with Crippen LogP contribution < -0.4 is 5.73 Å². The van der Waals surface area contributed by atoms with E-state index in [2.05, 4.69) is 52.8 Å². The van der Waals surface area contributed by atoms with E-state index in [0.29, 0.717) is 17.0 Å². The van der Waals surface area contributed by atoms with Crippen molar-refractivity contribution in [2.75, 3.05) is 5.73 Å². The minimum atomic E-state index is 0.436. The molecule has 0 bridgehead atoms. The van der Waals surface area contributed by atoms with Crippen molar-refractivity contribution in [1.82, 2.24) is 19.9 Å². The second-order valence-electron chi connectivity index (χ2n) is 5.20. The smallest absolute Gasteiger partial charge is 0.183 e. The molecule has 5 nitrogen and oxygen atoms in total. The van der Waals surface area contributed by atoms with Gasteiger partial charge in [0.25, 0.3) is 0 Å². The normalized spacial score (nSPS) is 11.2. The SMILES string of the molecule is Cc1cc(C)c(Cc2nc3ncnc(N)c3[nH]2)c(C)c1. The van der Waals surface area contributed by atoms with Crippen LogP contribution in [0.2, 0.25) is 0 Å². The Balaban J connectivity index is 2.04. The van der Waals surface area contributed by atoms with Crippen LogP contribution in [0, 0.1) is 20.8 Å². The number of nitrogen functional groups attached to an aromatic ring is 1. The molecule has 20 heavy (non-hydrogen) atoms. The number of nitrogens with one attached hydrogen (secondary N) is 1. The molecule has 0 aliphatic carbocycles. The van der Waals surface area contributed by atoms with Crippen molar-refractivity contribution in [3.05, 3.63) is 46.5 Å². The fourth-order valence-electron chi connectivity index (χ4n) is 2.63. The largest absolute Gasteiger partial charge is 0.382 e. The highest BCUT2D eigenvalue weighted by Gasteiger charge is 2.11. The first-order valence-electron chi connectivity index (χ1n) is 6.56. The highest BCUT2D eigenvalue weighted by Crippen LogP contribution is 2.21. The number of aryl methyl sites for hydroxylation is 3. The first kappa shape index (κ1) is 12.6. The average molecular weight is 267 g/mol. The number of aromatic nitrogens is 4. The van der Waals surface area contributed by atoms with Crippen molar-refractivity contribution in [2.24, 2.45) is 0 Å². The number of nitrogens with two attached hydrogens (primary N) is 1. The summed E-state index contributed by atoms with van der Waals surface area (Å²) in [6.45, 7) is 6.37. The number of hydrogen-bond donors (Lipinski definition) is 2. The van der Waals surface area contributed by atoms with E-state index in [1.807, 2.05) is 0 Å². The molecule has 3 N–H and O–H groups in total. The molecule has 0 saturated heterocycles. The number of hydrogen-bond acceptors (Lipinski definition) is 4. The van der Waals surface area contributed by atoms with Gasteiger partial charge in [-0.15, -0.1) is 0 Å². The van der Waals surface area contributed by atoms with Crippen molar-refractivity contribution >= 4 is 17.0 Å². The fourth-order valence-corrected chi connectivity index (χ4v) is 2.63. The maximum atomic E-state index is 5.82. The summed E-state index contributed by atoms with van der Waals surface area (Å²) in [5, 5.41) is 0. The standard InChI is InChI=1S/C15H17N5/c1-8-4-9(2)11(10(3)5-8)6-12-19-13-14(16)17-7-18-15(13)20-12/h4-5,7H,6H2,1-3H3,(H3,16,17,18,19,20). The van der Waals surface area contributed by atoms with Gasteiger partial charge in [0.15, 0.2) is 11.5 Å². The minimum Gasteiger partial charge on any atom is -0.382 e. The van der Waals surface area contributed by atoms with E-state index in [-0.39, 0.29) is 0 Å². The quantitative estimate of drug-likeness (QED) is 0.747. The van der Waals surface area contributed by atoms with E-state index in [9.17, 15) is 0 Å². The highest BCUT2D eigenvalue weighted by atomic mass is 15.0. The number of nitrogens with zero attached hydrogens (tertiary/aromatic N) is 3. The van der Waals surface area contributed by atoms with Crippen molar-refractivity contribution in [2.45, 2.75) is 27.2 Å².